The van der Waals surface area contributed by atoms with E-state index in [4.69, 9.17) is 4.74 Å². The molecule has 2 heteroatoms. The molecule has 1 saturated carbocycles. The Labute approximate surface area is 93.4 Å². The quantitative estimate of drug-likeness (QED) is 0.657. The van der Waals surface area contributed by atoms with Crippen LogP contribution in [0, 0.1) is 22.7 Å². The third-order valence-electron chi connectivity index (χ3n) is 4.16. The number of methoxy groups -OCH3 is 1. The van der Waals surface area contributed by atoms with Crippen LogP contribution in [0.2, 0.25) is 0 Å². The molecule has 1 rings (SSSR count). The van der Waals surface area contributed by atoms with E-state index >= 15 is 0 Å². The molecule has 0 amide bonds. The zero-order chi connectivity index (χ0) is 11.9. The summed E-state index contributed by atoms with van der Waals surface area (Å²) in [6, 6.07) is 0. The molecule has 0 spiro atoms. The minimum absolute atomic E-state index is 0.0690. The third kappa shape index (κ3) is 2.35. The van der Waals surface area contributed by atoms with Crippen molar-refractivity contribution in [2.75, 3.05) is 7.11 Å². The Balaban J connectivity index is 2.60. The molecule has 0 aliphatic heterocycles. The van der Waals surface area contributed by atoms with Crippen LogP contribution in [0.1, 0.15) is 47.5 Å². The Bertz CT molecular complexity index is 248. The van der Waals surface area contributed by atoms with Crippen molar-refractivity contribution in [1.29, 1.82) is 0 Å². The standard InChI is InChI=1S/C13H24O2/c1-12(2,3)10-7-9(13(10,4)5)8-11(14)15-6/h9-10H,7-8H2,1-6H3. The van der Waals surface area contributed by atoms with Crippen LogP contribution >= 0.6 is 0 Å². The summed E-state index contributed by atoms with van der Waals surface area (Å²) >= 11 is 0. The number of esters is 1. The van der Waals surface area contributed by atoms with Crippen LogP contribution in [0.3, 0.4) is 0 Å². The van der Waals surface area contributed by atoms with Crippen molar-refractivity contribution >= 4 is 5.97 Å². The van der Waals surface area contributed by atoms with Crippen LogP contribution in [-0.2, 0) is 9.53 Å². The van der Waals surface area contributed by atoms with Crippen molar-refractivity contribution in [3.8, 4) is 0 Å². The van der Waals surface area contributed by atoms with Gasteiger partial charge in [0.1, 0.15) is 0 Å². The monoisotopic (exact) mass is 212 g/mol. The van der Waals surface area contributed by atoms with Gasteiger partial charge < -0.3 is 4.74 Å². The second kappa shape index (κ2) is 3.80. The van der Waals surface area contributed by atoms with Gasteiger partial charge in [0.15, 0.2) is 0 Å². The number of carbonyl (C=O) groups is 1. The maximum atomic E-state index is 11.2. The Kier molecular flexibility index (Phi) is 3.18. The molecule has 1 aliphatic rings. The van der Waals surface area contributed by atoms with Crippen molar-refractivity contribution < 1.29 is 9.53 Å². The number of carbonyl (C=O) groups excluding carboxylic acids is 1. The van der Waals surface area contributed by atoms with Gasteiger partial charge in [-0.05, 0) is 29.1 Å². The lowest BCUT2D eigenvalue weighted by molar-refractivity contribution is -0.151. The molecule has 0 heterocycles. The van der Waals surface area contributed by atoms with Crippen molar-refractivity contribution in [1.82, 2.24) is 0 Å². The largest absolute Gasteiger partial charge is 0.469 e. The van der Waals surface area contributed by atoms with E-state index < -0.39 is 0 Å². The fourth-order valence-corrected chi connectivity index (χ4v) is 3.12. The maximum absolute atomic E-state index is 11.2. The average Bonchev–Trinajstić information content (AvgIpc) is 2.09. The van der Waals surface area contributed by atoms with E-state index in [1.54, 1.807) is 0 Å². The molecule has 1 aliphatic carbocycles. The van der Waals surface area contributed by atoms with Gasteiger partial charge in [-0.3, -0.25) is 4.79 Å². The van der Waals surface area contributed by atoms with Gasteiger partial charge in [-0.1, -0.05) is 34.6 Å². The highest BCUT2D eigenvalue weighted by atomic mass is 16.5. The van der Waals surface area contributed by atoms with Gasteiger partial charge in [0, 0.05) is 6.42 Å². The van der Waals surface area contributed by atoms with Gasteiger partial charge in [0.05, 0.1) is 7.11 Å². The van der Waals surface area contributed by atoms with Crippen LogP contribution < -0.4 is 0 Å². The molecule has 2 atom stereocenters. The van der Waals surface area contributed by atoms with Gasteiger partial charge in [0.2, 0.25) is 0 Å². The normalized spacial score (nSPS) is 29.5. The first-order chi connectivity index (χ1) is 6.69. The van der Waals surface area contributed by atoms with E-state index in [0.29, 0.717) is 23.7 Å². The van der Waals surface area contributed by atoms with Crippen LogP contribution in [0.25, 0.3) is 0 Å². The Hall–Kier alpha value is -0.530. The van der Waals surface area contributed by atoms with E-state index in [1.807, 2.05) is 0 Å². The van der Waals surface area contributed by atoms with E-state index in [9.17, 15) is 4.79 Å². The minimum Gasteiger partial charge on any atom is -0.469 e. The van der Waals surface area contributed by atoms with E-state index in [-0.39, 0.29) is 11.4 Å². The lowest BCUT2D eigenvalue weighted by atomic mass is 9.47. The second-order valence-corrected chi connectivity index (χ2v) is 6.45. The third-order valence-corrected chi connectivity index (χ3v) is 4.16. The fraction of sp³-hybridized carbons (Fsp3) is 0.923. The molecule has 0 radical (unpaired) electrons. The predicted octanol–water partition coefficient (Wildman–Crippen LogP) is 3.26. The topological polar surface area (TPSA) is 26.3 Å². The maximum Gasteiger partial charge on any atom is 0.305 e. The average molecular weight is 212 g/mol. The molecular weight excluding hydrogens is 188 g/mol. The molecule has 0 aromatic carbocycles. The molecule has 0 bridgehead atoms. The van der Waals surface area contributed by atoms with Crippen molar-refractivity contribution in [3.63, 3.8) is 0 Å². The van der Waals surface area contributed by atoms with E-state index in [2.05, 4.69) is 34.6 Å². The highest BCUT2D eigenvalue weighted by Gasteiger charge is 2.52. The summed E-state index contributed by atoms with van der Waals surface area (Å²) in [4.78, 5) is 11.2. The van der Waals surface area contributed by atoms with Gasteiger partial charge >= 0.3 is 5.97 Å². The zero-order valence-corrected chi connectivity index (χ0v) is 10.9. The summed E-state index contributed by atoms with van der Waals surface area (Å²) in [5.74, 6) is 1.13. The number of hydrogen-bond donors (Lipinski definition) is 0. The van der Waals surface area contributed by atoms with E-state index in [0.717, 1.165) is 6.42 Å². The molecule has 0 saturated heterocycles. The zero-order valence-electron chi connectivity index (χ0n) is 10.9. The van der Waals surface area contributed by atoms with Crippen LogP contribution in [0.4, 0.5) is 0 Å². The molecule has 2 nitrogen and oxygen atoms in total. The molecule has 1 fully saturated rings. The first-order valence-electron chi connectivity index (χ1n) is 5.76. The van der Waals surface area contributed by atoms with E-state index in [1.165, 1.54) is 7.11 Å². The summed E-state index contributed by atoms with van der Waals surface area (Å²) in [5.41, 5.74) is 0.614. The minimum atomic E-state index is -0.0690. The van der Waals surface area contributed by atoms with Crippen LogP contribution in [-0.4, -0.2) is 13.1 Å². The highest BCUT2D eigenvalue weighted by Crippen LogP contribution is 2.59. The molecule has 0 aromatic heterocycles. The lowest BCUT2D eigenvalue weighted by Crippen LogP contribution is -2.51. The molecular formula is C13H24O2. The summed E-state index contributed by atoms with van der Waals surface area (Å²) in [5, 5.41) is 0. The molecule has 0 aromatic rings. The molecule has 15 heavy (non-hydrogen) atoms. The van der Waals surface area contributed by atoms with Gasteiger partial charge in [-0.25, -0.2) is 0 Å². The lowest BCUT2D eigenvalue weighted by Gasteiger charge is -2.57. The van der Waals surface area contributed by atoms with Gasteiger partial charge in [0.25, 0.3) is 0 Å². The predicted molar refractivity (Wildman–Crippen MR) is 61.5 cm³/mol. The Morgan fingerprint density at radius 1 is 1.40 bits per heavy atom. The van der Waals surface area contributed by atoms with Crippen molar-refractivity contribution in [3.05, 3.63) is 0 Å². The summed E-state index contributed by atoms with van der Waals surface area (Å²) < 4.78 is 4.73. The summed E-state index contributed by atoms with van der Waals surface area (Å²) in [7, 11) is 1.47. The summed E-state index contributed by atoms with van der Waals surface area (Å²) in [6.07, 6.45) is 1.74. The first-order valence-corrected chi connectivity index (χ1v) is 5.76. The number of ether oxygens (including phenoxy) is 1. The number of hydrogen-bond acceptors (Lipinski definition) is 2. The summed E-state index contributed by atoms with van der Waals surface area (Å²) in [6.45, 7) is 11.4. The Morgan fingerprint density at radius 2 is 1.93 bits per heavy atom. The molecule has 0 N–H and O–H groups in total. The smallest absolute Gasteiger partial charge is 0.305 e. The highest BCUT2D eigenvalue weighted by molar-refractivity contribution is 5.69. The molecule has 88 valence electrons. The van der Waals surface area contributed by atoms with Crippen molar-refractivity contribution in [2.45, 2.75) is 47.5 Å². The van der Waals surface area contributed by atoms with Crippen molar-refractivity contribution in [2.24, 2.45) is 22.7 Å². The SMILES string of the molecule is COC(=O)CC1CC(C(C)(C)C)C1(C)C. The Morgan fingerprint density at radius 3 is 2.27 bits per heavy atom. The first kappa shape index (κ1) is 12.5. The van der Waals surface area contributed by atoms with Crippen LogP contribution in [0.5, 0.6) is 0 Å². The van der Waals surface area contributed by atoms with Gasteiger partial charge in [-0.15, -0.1) is 0 Å². The van der Waals surface area contributed by atoms with Crippen LogP contribution in [0.15, 0.2) is 0 Å². The number of rotatable bonds is 2. The second-order valence-electron chi connectivity index (χ2n) is 6.45. The fourth-order valence-electron chi connectivity index (χ4n) is 3.12. The van der Waals surface area contributed by atoms with Gasteiger partial charge in [-0.2, -0.15) is 0 Å². The molecule has 2 unspecified atom stereocenters.